The van der Waals surface area contributed by atoms with E-state index in [0.717, 1.165) is 16.3 Å². The second-order valence-corrected chi connectivity index (χ2v) is 4.33. The van der Waals surface area contributed by atoms with E-state index >= 15 is 0 Å². The molecule has 3 rings (SSSR count). The second kappa shape index (κ2) is 3.50. The quantitative estimate of drug-likeness (QED) is 0.472. The van der Waals surface area contributed by atoms with Crippen molar-refractivity contribution in [1.82, 2.24) is 4.98 Å². The minimum Gasteiger partial charge on any atom is -0.399 e. The number of hydrogen-bond donors (Lipinski definition) is 2. The van der Waals surface area contributed by atoms with E-state index in [4.69, 9.17) is 17.3 Å². The summed E-state index contributed by atoms with van der Waals surface area (Å²) in [6.07, 6.45) is 0. The van der Waals surface area contributed by atoms with Gasteiger partial charge in [0.1, 0.15) is 0 Å². The third kappa shape index (κ3) is 1.47. The van der Waals surface area contributed by atoms with Gasteiger partial charge in [0.25, 0.3) is 5.56 Å². The van der Waals surface area contributed by atoms with E-state index in [0.29, 0.717) is 16.1 Å². The molecule has 3 aromatic rings. The maximum atomic E-state index is 11.9. The van der Waals surface area contributed by atoms with Gasteiger partial charge in [0.2, 0.25) is 0 Å². The second-order valence-electron chi connectivity index (χ2n) is 3.92. The highest BCUT2D eigenvalue weighted by atomic mass is 35.5. The van der Waals surface area contributed by atoms with Crippen LogP contribution in [0.3, 0.4) is 0 Å². The molecule has 2 aromatic carbocycles. The smallest absolute Gasteiger partial charge is 0.257 e. The molecule has 0 bridgehead atoms. The minimum atomic E-state index is -0.191. The number of anilines is 1. The Morgan fingerprint density at radius 3 is 2.76 bits per heavy atom. The molecule has 0 radical (unpaired) electrons. The SMILES string of the molecule is Nc1ccc2c(c1)[nH]c(=O)c1c(Cl)cccc12. The van der Waals surface area contributed by atoms with Crippen LogP contribution in [0.2, 0.25) is 5.02 Å². The Kier molecular flexibility index (Phi) is 2.09. The molecule has 84 valence electrons. The third-order valence-electron chi connectivity index (χ3n) is 2.82. The lowest BCUT2D eigenvalue weighted by atomic mass is 10.1. The van der Waals surface area contributed by atoms with Crippen molar-refractivity contribution in [3.8, 4) is 0 Å². The van der Waals surface area contributed by atoms with E-state index in [1.54, 1.807) is 18.2 Å². The highest BCUT2D eigenvalue weighted by molar-refractivity contribution is 6.36. The molecule has 0 aliphatic heterocycles. The van der Waals surface area contributed by atoms with Crippen LogP contribution >= 0.6 is 11.6 Å². The van der Waals surface area contributed by atoms with E-state index in [1.807, 2.05) is 18.2 Å². The van der Waals surface area contributed by atoms with Crippen LogP contribution in [0, 0.1) is 0 Å². The van der Waals surface area contributed by atoms with Crippen LogP contribution in [-0.2, 0) is 0 Å². The molecule has 0 saturated heterocycles. The maximum absolute atomic E-state index is 11.9. The van der Waals surface area contributed by atoms with Crippen molar-refractivity contribution in [3.05, 3.63) is 51.8 Å². The van der Waals surface area contributed by atoms with Crippen molar-refractivity contribution >= 4 is 39.0 Å². The molecular weight excluding hydrogens is 236 g/mol. The van der Waals surface area contributed by atoms with Gasteiger partial charge < -0.3 is 10.7 Å². The summed E-state index contributed by atoms with van der Waals surface area (Å²) in [5.74, 6) is 0. The van der Waals surface area contributed by atoms with Crippen molar-refractivity contribution in [2.45, 2.75) is 0 Å². The summed E-state index contributed by atoms with van der Waals surface area (Å²) in [4.78, 5) is 14.7. The lowest BCUT2D eigenvalue weighted by Crippen LogP contribution is -2.07. The fourth-order valence-electron chi connectivity index (χ4n) is 2.06. The van der Waals surface area contributed by atoms with E-state index < -0.39 is 0 Å². The molecule has 0 aliphatic rings. The van der Waals surface area contributed by atoms with E-state index in [-0.39, 0.29) is 5.56 Å². The van der Waals surface area contributed by atoms with Crippen LogP contribution in [0.15, 0.2) is 41.2 Å². The molecule has 1 aromatic heterocycles. The average Bonchev–Trinajstić information content (AvgIpc) is 2.28. The van der Waals surface area contributed by atoms with E-state index in [2.05, 4.69) is 4.98 Å². The standard InChI is InChI=1S/C13H9ClN2O/c14-10-3-1-2-9-8-5-4-7(15)6-11(8)16-13(17)12(9)10/h1-6H,15H2,(H,16,17). The van der Waals surface area contributed by atoms with Crippen molar-refractivity contribution < 1.29 is 0 Å². The molecule has 0 spiro atoms. The molecule has 0 saturated carbocycles. The fourth-order valence-corrected chi connectivity index (χ4v) is 2.32. The Morgan fingerprint density at radius 1 is 1.12 bits per heavy atom. The van der Waals surface area contributed by atoms with Gasteiger partial charge in [-0.3, -0.25) is 4.79 Å². The molecule has 17 heavy (non-hydrogen) atoms. The zero-order chi connectivity index (χ0) is 12.0. The molecule has 0 amide bonds. The number of pyridine rings is 1. The Balaban J connectivity index is 2.65. The van der Waals surface area contributed by atoms with Crippen LogP contribution in [0.25, 0.3) is 21.7 Å². The zero-order valence-corrected chi connectivity index (χ0v) is 9.58. The van der Waals surface area contributed by atoms with Gasteiger partial charge in [0.15, 0.2) is 0 Å². The van der Waals surface area contributed by atoms with Gasteiger partial charge in [-0.2, -0.15) is 0 Å². The highest BCUT2D eigenvalue weighted by Crippen LogP contribution is 2.26. The Hall–Kier alpha value is -2.00. The van der Waals surface area contributed by atoms with Gasteiger partial charge in [-0.05, 0) is 23.6 Å². The first-order chi connectivity index (χ1) is 8.16. The van der Waals surface area contributed by atoms with Crippen LogP contribution in [-0.4, -0.2) is 4.98 Å². The highest BCUT2D eigenvalue weighted by Gasteiger charge is 2.07. The normalized spacial score (nSPS) is 11.1. The Bertz CT molecular complexity index is 792. The first-order valence-electron chi connectivity index (χ1n) is 5.16. The van der Waals surface area contributed by atoms with Crippen molar-refractivity contribution in [1.29, 1.82) is 0 Å². The van der Waals surface area contributed by atoms with Gasteiger partial charge in [-0.25, -0.2) is 0 Å². The summed E-state index contributed by atoms with van der Waals surface area (Å²) in [7, 11) is 0. The number of aromatic nitrogens is 1. The number of hydrogen-bond acceptors (Lipinski definition) is 2. The number of H-pyrrole nitrogens is 1. The van der Waals surface area contributed by atoms with Gasteiger partial charge in [-0.1, -0.05) is 29.8 Å². The predicted octanol–water partition coefficient (Wildman–Crippen LogP) is 2.92. The number of benzene rings is 2. The molecule has 3 nitrogen and oxygen atoms in total. The molecule has 1 heterocycles. The number of halogens is 1. The summed E-state index contributed by atoms with van der Waals surface area (Å²) < 4.78 is 0. The monoisotopic (exact) mass is 244 g/mol. The summed E-state index contributed by atoms with van der Waals surface area (Å²) in [5, 5.41) is 2.77. The van der Waals surface area contributed by atoms with Gasteiger partial charge >= 0.3 is 0 Å². The lowest BCUT2D eigenvalue weighted by molar-refractivity contribution is 1.34. The van der Waals surface area contributed by atoms with Crippen LogP contribution in [0.4, 0.5) is 5.69 Å². The largest absolute Gasteiger partial charge is 0.399 e. The number of rotatable bonds is 0. The van der Waals surface area contributed by atoms with Gasteiger partial charge in [0, 0.05) is 11.1 Å². The number of nitrogens with one attached hydrogen (secondary N) is 1. The summed E-state index contributed by atoms with van der Waals surface area (Å²) in [5.41, 5.74) is 6.86. The molecule has 0 aliphatic carbocycles. The number of fused-ring (bicyclic) bond motifs is 3. The van der Waals surface area contributed by atoms with Gasteiger partial charge in [0.05, 0.1) is 15.9 Å². The predicted molar refractivity (Wildman–Crippen MR) is 71.5 cm³/mol. The first-order valence-corrected chi connectivity index (χ1v) is 5.54. The van der Waals surface area contributed by atoms with E-state index in [9.17, 15) is 4.79 Å². The molecule has 0 atom stereocenters. The zero-order valence-electron chi connectivity index (χ0n) is 8.83. The Morgan fingerprint density at radius 2 is 1.94 bits per heavy atom. The molecule has 3 N–H and O–H groups in total. The van der Waals surface area contributed by atoms with Crippen LogP contribution < -0.4 is 11.3 Å². The molecule has 0 unspecified atom stereocenters. The first kappa shape index (κ1) is 10.2. The van der Waals surface area contributed by atoms with Crippen LogP contribution in [0.1, 0.15) is 0 Å². The summed E-state index contributed by atoms with van der Waals surface area (Å²) in [6.45, 7) is 0. The molecule has 0 fully saturated rings. The average molecular weight is 245 g/mol. The van der Waals surface area contributed by atoms with Crippen LogP contribution in [0.5, 0.6) is 0 Å². The number of nitrogen functional groups attached to an aromatic ring is 1. The van der Waals surface area contributed by atoms with Gasteiger partial charge in [-0.15, -0.1) is 0 Å². The van der Waals surface area contributed by atoms with Crippen molar-refractivity contribution in [2.24, 2.45) is 0 Å². The number of nitrogens with two attached hydrogens (primary N) is 1. The van der Waals surface area contributed by atoms with Crippen molar-refractivity contribution in [3.63, 3.8) is 0 Å². The Labute approximate surface area is 102 Å². The third-order valence-corrected chi connectivity index (χ3v) is 3.14. The maximum Gasteiger partial charge on any atom is 0.257 e. The van der Waals surface area contributed by atoms with Crippen molar-refractivity contribution in [2.75, 3.05) is 5.73 Å². The topological polar surface area (TPSA) is 58.9 Å². The minimum absolute atomic E-state index is 0.191. The fraction of sp³-hybridized carbons (Fsp3) is 0. The summed E-state index contributed by atoms with van der Waals surface area (Å²) >= 11 is 6.05. The van der Waals surface area contributed by atoms with E-state index in [1.165, 1.54) is 0 Å². The summed E-state index contributed by atoms with van der Waals surface area (Å²) in [6, 6.07) is 10.9. The molecule has 4 heteroatoms. The molecular formula is C13H9ClN2O. The lowest BCUT2D eigenvalue weighted by Gasteiger charge is -2.05. The number of aromatic amines is 1.